The summed E-state index contributed by atoms with van der Waals surface area (Å²) >= 11 is 0. The third kappa shape index (κ3) is 2.26. The van der Waals surface area contributed by atoms with Gasteiger partial charge in [-0.05, 0) is 42.2 Å². The highest BCUT2D eigenvalue weighted by Crippen LogP contribution is 2.30. The van der Waals surface area contributed by atoms with Gasteiger partial charge in [-0.1, -0.05) is 30.3 Å². The standard InChI is InChI=1S/C15H17NO2S/c16-13-6-8-15(10-13)19(17,18)14-7-5-11-3-1-2-4-12(11)9-14/h1-5,7,9,13,15H,6,8,10,16H2. The van der Waals surface area contributed by atoms with Crippen LogP contribution in [0.5, 0.6) is 0 Å². The predicted octanol–water partition coefficient (Wildman–Crippen LogP) is 2.49. The highest BCUT2D eigenvalue weighted by Gasteiger charge is 2.33. The van der Waals surface area contributed by atoms with Crippen LogP contribution in [0.2, 0.25) is 0 Å². The molecule has 0 spiro atoms. The van der Waals surface area contributed by atoms with Crippen molar-refractivity contribution in [1.82, 2.24) is 0 Å². The van der Waals surface area contributed by atoms with E-state index in [9.17, 15) is 8.42 Å². The highest BCUT2D eigenvalue weighted by molar-refractivity contribution is 7.92. The number of benzene rings is 2. The van der Waals surface area contributed by atoms with Crippen LogP contribution in [0.15, 0.2) is 47.4 Å². The maximum Gasteiger partial charge on any atom is 0.181 e. The second-order valence-corrected chi connectivity index (χ2v) is 7.48. The minimum absolute atomic E-state index is 0.0280. The molecule has 3 nitrogen and oxygen atoms in total. The van der Waals surface area contributed by atoms with Gasteiger partial charge in [0.15, 0.2) is 9.84 Å². The summed E-state index contributed by atoms with van der Waals surface area (Å²) in [6.07, 6.45) is 2.06. The van der Waals surface area contributed by atoms with Gasteiger partial charge in [0.2, 0.25) is 0 Å². The van der Waals surface area contributed by atoms with Crippen molar-refractivity contribution in [3.05, 3.63) is 42.5 Å². The van der Waals surface area contributed by atoms with Crippen LogP contribution in [0.1, 0.15) is 19.3 Å². The molecule has 19 heavy (non-hydrogen) atoms. The van der Waals surface area contributed by atoms with E-state index in [4.69, 9.17) is 5.73 Å². The lowest BCUT2D eigenvalue weighted by Crippen LogP contribution is -2.22. The molecule has 1 fully saturated rings. The van der Waals surface area contributed by atoms with Crippen LogP contribution in [0.25, 0.3) is 10.8 Å². The molecule has 1 aliphatic carbocycles. The molecule has 0 amide bonds. The minimum atomic E-state index is -3.24. The molecule has 0 saturated heterocycles. The van der Waals surface area contributed by atoms with Gasteiger partial charge in [0.1, 0.15) is 0 Å². The monoisotopic (exact) mass is 275 g/mol. The SMILES string of the molecule is NC1CCC(S(=O)(=O)c2ccc3ccccc3c2)C1. The average molecular weight is 275 g/mol. The van der Waals surface area contributed by atoms with Crippen molar-refractivity contribution in [2.24, 2.45) is 5.73 Å². The van der Waals surface area contributed by atoms with E-state index in [1.54, 1.807) is 12.1 Å². The Bertz CT molecular complexity index is 709. The zero-order valence-corrected chi connectivity index (χ0v) is 11.4. The molecule has 2 atom stereocenters. The van der Waals surface area contributed by atoms with Crippen molar-refractivity contribution in [1.29, 1.82) is 0 Å². The second-order valence-electron chi connectivity index (χ2n) is 5.25. The van der Waals surface area contributed by atoms with Crippen molar-refractivity contribution >= 4 is 20.6 Å². The topological polar surface area (TPSA) is 60.2 Å². The molecule has 0 heterocycles. The molecule has 4 heteroatoms. The molecular formula is C15H17NO2S. The van der Waals surface area contributed by atoms with E-state index in [2.05, 4.69) is 0 Å². The van der Waals surface area contributed by atoms with Crippen LogP contribution < -0.4 is 5.73 Å². The number of hydrogen-bond acceptors (Lipinski definition) is 3. The molecule has 2 aromatic rings. The molecule has 0 aromatic heterocycles. The number of sulfone groups is 1. The zero-order chi connectivity index (χ0) is 13.5. The summed E-state index contributed by atoms with van der Waals surface area (Å²) in [6.45, 7) is 0. The summed E-state index contributed by atoms with van der Waals surface area (Å²) in [5.41, 5.74) is 5.83. The molecule has 2 unspecified atom stereocenters. The van der Waals surface area contributed by atoms with E-state index in [1.807, 2.05) is 30.3 Å². The van der Waals surface area contributed by atoms with Crippen LogP contribution in [0.4, 0.5) is 0 Å². The molecule has 0 radical (unpaired) electrons. The van der Waals surface area contributed by atoms with Gasteiger partial charge in [0.25, 0.3) is 0 Å². The van der Waals surface area contributed by atoms with Gasteiger partial charge in [0.05, 0.1) is 10.1 Å². The van der Waals surface area contributed by atoms with Gasteiger partial charge >= 0.3 is 0 Å². The van der Waals surface area contributed by atoms with Gasteiger partial charge in [-0.25, -0.2) is 8.42 Å². The van der Waals surface area contributed by atoms with Crippen LogP contribution in [0.3, 0.4) is 0 Å². The Hall–Kier alpha value is -1.39. The van der Waals surface area contributed by atoms with Crippen molar-refractivity contribution in [3.8, 4) is 0 Å². The second kappa shape index (κ2) is 4.62. The van der Waals surface area contributed by atoms with Gasteiger partial charge in [-0.2, -0.15) is 0 Å². The fourth-order valence-electron chi connectivity index (χ4n) is 2.79. The summed E-state index contributed by atoms with van der Waals surface area (Å²) in [4.78, 5) is 0.422. The largest absolute Gasteiger partial charge is 0.328 e. The Morgan fingerprint density at radius 2 is 1.74 bits per heavy atom. The third-order valence-electron chi connectivity index (χ3n) is 3.91. The summed E-state index contributed by atoms with van der Waals surface area (Å²) in [5.74, 6) is 0. The van der Waals surface area contributed by atoms with Gasteiger partial charge in [-0.3, -0.25) is 0 Å². The normalized spacial score (nSPS) is 23.8. The lowest BCUT2D eigenvalue weighted by molar-refractivity contribution is 0.578. The summed E-state index contributed by atoms with van der Waals surface area (Å²) in [5, 5.41) is 1.71. The van der Waals surface area contributed by atoms with Crippen LogP contribution >= 0.6 is 0 Å². The van der Waals surface area contributed by atoms with Gasteiger partial charge in [-0.15, -0.1) is 0 Å². The van der Waals surface area contributed by atoms with Crippen molar-refractivity contribution in [2.75, 3.05) is 0 Å². The highest BCUT2D eigenvalue weighted by atomic mass is 32.2. The van der Waals surface area contributed by atoms with Gasteiger partial charge < -0.3 is 5.73 Å². The van der Waals surface area contributed by atoms with Crippen LogP contribution in [-0.2, 0) is 9.84 Å². The molecular weight excluding hydrogens is 258 g/mol. The molecule has 0 aliphatic heterocycles. The lowest BCUT2D eigenvalue weighted by atomic mass is 10.1. The molecule has 3 rings (SSSR count). The maximum atomic E-state index is 12.6. The minimum Gasteiger partial charge on any atom is -0.328 e. The number of hydrogen-bond donors (Lipinski definition) is 1. The summed E-state index contributed by atoms with van der Waals surface area (Å²) < 4.78 is 25.1. The molecule has 1 saturated carbocycles. The Labute approximate surface area is 113 Å². The number of nitrogens with two attached hydrogens (primary N) is 1. The smallest absolute Gasteiger partial charge is 0.181 e. The third-order valence-corrected chi connectivity index (χ3v) is 6.13. The molecule has 1 aliphatic rings. The van der Waals surface area contributed by atoms with Crippen molar-refractivity contribution in [3.63, 3.8) is 0 Å². The maximum absolute atomic E-state index is 12.6. The average Bonchev–Trinajstić information content (AvgIpc) is 2.85. The zero-order valence-electron chi connectivity index (χ0n) is 10.6. The summed E-state index contributed by atoms with van der Waals surface area (Å²) in [6, 6.07) is 13.2. The summed E-state index contributed by atoms with van der Waals surface area (Å²) in [7, 11) is -3.24. The molecule has 100 valence electrons. The Morgan fingerprint density at radius 1 is 1.00 bits per heavy atom. The Balaban J connectivity index is 2.03. The Kier molecular flexibility index (Phi) is 3.07. The van der Waals surface area contributed by atoms with E-state index in [1.165, 1.54) is 0 Å². The van der Waals surface area contributed by atoms with E-state index >= 15 is 0 Å². The number of rotatable bonds is 2. The Morgan fingerprint density at radius 3 is 2.42 bits per heavy atom. The first-order valence-corrected chi connectivity index (χ1v) is 8.10. The van der Waals surface area contributed by atoms with E-state index in [-0.39, 0.29) is 11.3 Å². The number of fused-ring (bicyclic) bond motifs is 1. The predicted molar refractivity (Wildman–Crippen MR) is 76.7 cm³/mol. The fraction of sp³-hybridized carbons (Fsp3) is 0.333. The molecule has 2 aromatic carbocycles. The van der Waals surface area contributed by atoms with Crippen LogP contribution in [0, 0.1) is 0 Å². The van der Waals surface area contributed by atoms with Crippen LogP contribution in [-0.4, -0.2) is 19.7 Å². The van der Waals surface area contributed by atoms with E-state index in [0.717, 1.165) is 17.2 Å². The van der Waals surface area contributed by atoms with Gasteiger partial charge in [0, 0.05) is 6.04 Å². The lowest BCUT2D eigenvalue weighted by Gasteiger charge is -2.12. The first-order chi connectivity index (χ1) is 9.07. The first kappa shape index (κ1) is 12.6. The van der Waals surface area contributed by atoms with Crippen molar-refractivity contribution < 1.29 is 8.42 Å². The van der Waals surface area contributed by atoms with Crippen molar-refractivity contribution in [2.45, 2.75) is 35.4 Å². The quantitative estimate of drug-likeness (QED) is 0.916. The first-order valence-electron chi connectivity index (χ1n) is 6.55. The molecule has 2 N–H and O–H groups in total. The molecule has 0 bridgehead atoms. The fourth-order valence-corrected chi connectivity index (χ4v) is 4.67. The van der Waals surface area contributed by atoms with E-state index in [0.29, 0.717) is 17.7 Å². The van der Waals surface area contributed by atoms with E-state index < -0.39 is 9.84 Å².